The third kappa shape index (κ3) is 4.94. The molecule has 6 nitrogen and oxygen atoms in total. The van der Waals surface area contributed by atoms with Crippen LogP contribution in [0, 0.1) is 12.3 Å². The molecule has 0 unspecified atom stereocenters. The molecule has 1 N–H and O–H groups in total. The van der Waals surface area contributed by atoms with Crippen molar-refractivity contribution in [3.8, 4) is 0 Å². The van der Waals surface area contributed by atoms with Gasteiger partial charge in [0.15, 0.2) is 5.82 Å². The van der Waals surface area contributed by atoms with Gasteiger partial charge >= 0.3 is 0 Å². The van der Waals surface area contributed by atoms with Crippen LogP contribution in [-0.4, -0.2) is 16.0 Å². The van der Waals surface area contributed by atoms with Crippen LogP contribution in [0.2, 0.25) is 0 Å². The van der Waals surface area contributed by atoms with Gasteiger partial charge in [-0.25, -0.2) is 0 Å². The summed E-state index contributed by atoms with van der Waals surface area (Å²) < 4.78 is 10.9. The molecule has 24 heavy (non-hydrogen) atoms. The van der Waals surface area contributed by atoms with Crippen molar-refractivity contribution in [2.24, 2.45) is 5.41 Å². The lowest BCUT2D eigenvalue weighted by molar-refractivity contribution is -0.122. The topological polar surface area (TPSA) is 81.2 Å². The average molecular weight is 333 g/mol. The van der Waals surface area contributed by atoms with Gasteiger partial charge in [-0.2, -0.15) is 4.98 Å². The summed E-state index contributed by atoms with van der Waals surface area (Å²) in [6.45, 7) is 10.1. The molecule has 0 aliphatic rings. The predicted octanol–water partition coefficient (Wildman–Crippen LogP) is 3.76. The molecule has 6 heteroatoms. The molecule has 0 aliphatic carbocycles. The smallest absolute Gasteiger partial charge is 0.226 e. The van der Waals surface area contributed by atoms with E-state index in [1.807, 2.05) is 19.1 Å². The highest BCUT2D eigenvalue weighted by Gasteiger charge is 2.30. The maximum absolute atomic E-state index is 12.3. The molecule has 132 valence electrons. The van der Waals surface area contributed by atoms with Gasteiger partial charge in [0, 0.05) is 19.3 Å². The Hall–Kier alpha value is -2.11. The Morgan fingerprint density at radius 1 is 1.33 bits per heavy atom. The molecular weight excluding hydrogens is 306 g/mol. The lowest BCUT2D eigenvalue weighted by Gasteiger charge is -2.30. The highest BCUT2D eigenvalue weighted by Crippen LogP contribution is 2.34. The Balaban J connectivity index is 1.92. The van der Waals surface area contributed by atoms with E-state index in [2.05, 4.69) is 36.2 Å². The van der Waals surface area contributed by atoms with E-state index in [0.29, 0.717) is 31.0 Å². The summed E-state index contributed by atoms with van der Waals surface area (Å²) in [5, 5.41) is 6.85. The molecule has 0 radical (unpaired) electrons. The van der Waals surface area contributed by atoms with Gasteiger partial charge in [-0.15, -0.1) is 0 Å². The standard InChI is InChI=1S/C18H27N3O3/c1-6-13-10-11-14(23-13)17(18(3,4)5)20-15(22)8-7-9-16-19-12(2)21-24-16/h10-11,17H,6-9H2,1-5H3,(H,20,22)/t17-/m1/s1. The summed E-state index contributed by atoms with van der Waals surface area (Å²) in [4.78, 5) is 16.5. The first-order valence-corrected chi connectivity index (χ1v) is 8.46. The van der Waals surface area contributed by atoms with Crippen molar-refractivity contribution in [1.29, 1.82) is 0 Å². The lowest BCUT2D eigenvalue weighted by Crippen LogP contribution is -2.36. The molecule has 0 fully saturated rings. The molecule has 2 rings (SSSR count). The lowest BCUT2D eigenvalue weighted by atomic mass is 9.85. The van der Waals surface area contributed by atoms with Gasteiger partial charge in [-0.3, -0.25) is 4.79 Å². The Morgan fingerprint density at radius 2 is 2.08 bits per heavy atom. The second-order valence-corrected chi connectivity index (χ2v) is 7.11. The molecule has 0 bridgehead atoms. The van der Waals surface area contributed by atoms with E-state index in [9.17, 15) is 4.79 Å². The van der Waals surface area contributed by atoms with Crippen molar-refractivity contribution in [2.45, 2.75) is 66.3 Å². The van der Waals surface area contributed by atoms with Gasteiger partial charge in [-0.05, 0) is 30.9 Å². The van der Waals surface area contributed by atoms with Crippen molar-refractivity contribution in [2.75, 3.05) is 0 Å². The van der Waals surface area contributed by atoms with Crippen molar-refractivity contribution in [1.82, 2.24) is 15.5 Å². The van der Waals surface area contributed by atoms with E-state index in [4.69, 9.17) is 8.94 Å². The summed E-state index contributed by atoms with van der Waals surface area (Å²) >= 11 is 0. The Morgan fingerprint density at radius 3 is 2.62 bits per heavy atom. The summed E-state index contributed by atoms with van der Waals surface area (Å²) in [7, 11) is 0. The van der Waals surface area contributed by atoms with Crippen molar-refractivity contribution < 1.29 is 13.7 Å². The summed E-state index contributed by atoms with van der Waals surface area (Å²) in [6, 6.07) is 3.77. The van der Waals surface area contributed by atoms with Gasteiger partial charge in [0.05, 0.1) is 6.04 Å². The molecule has 2 heterocycles. The first kappa shape index (κ1) is 18.2. The fraction of sp³-hybridized carbons (Fsp3) is 0.611. The summed E-state index contributed by atoms with van der Waals surface area (Å²) in [5.41, 5.74) is -0.137. The number of hydrogen-bond acceptors (Lipinski definition) is 5. The van der Waals surface area contributed by atoms with Gasteiger partial charge in [0.25, 0.3) is 0 Å². The van der Waals surface area contributed by atoms with Gasteiger partial charge in [0.1, 0.15) is 11.5 Å². The number of aromatic nitrogens is 2. The largest absolute Gasteiger partial charge is 0.464 e. The van der Waals surface area contributed by atoms with E-state index >= 15 is 0 Å². The van der Waals surface area contributed by atoms with Crippen LogP contribution in [-0.2, 0) is 17.6 Å². The zero-order valence-corrected chi connectivity index (χ0v) is 15.2. The third-order valence-corrected chi connectivity index (χ3v) is 3.85. The van der Waals surface area contributed by atoms with Crippen LogP contribution in [0.3, 0.4) is 0 Å². The molecule has 1 amide bonds. The fourth-order valence-electron chi connectivity index (χ4n) is 2.53. The Labute approximate surface area is 143 Å². The quantitative estimate of drug-likeness (QED) is 0.834. The van der Waals surface area contributed by atoms with Crippen LogP contribution in [0.15, 0.2) is 21.1 Å². The molecule has 1 atom stereocenters. The highest BCUT2D eigenvalue weighted by molar-refractivity contribution is 5.76. The van der Waals surface area contributed by atoms with Crippen LogP contribution in [0.4, 0.5) is 0 Å². The fourth-order valence-corrected chi connectivity index (χ4v) is 2.53. The maximum Gasteiger partial charge on any atom is 0.226 e. The predicted molar refractivity (Wildman–Crippen MR) is 90.4 cm³/mol. The second kappa shape index (κ2) is 7.64. The number of carbonyl (C=O) groups excluding carboxylic acids is 1. The number of hydrogen-bond donors (Lipinski definition) is 1. The maximum atomic E-state index is 12.3. The minimum atomic E-state index is -0.157. The molecule has 0 saturated heterocycles. The molecule has 0 aromatic carbocycles. The molecular formula is C18H27N3O3. The first-order chi connectivity index (χ1) is 11.3. The van der Waals surface area contributed by atoms with E-state index in [1.54, 1.807) is 6.92 Å². The normalized spacial score (nSPS) is 13.0. The number of rotatable bonds is 7. The van der Waals surface area contributed by atoms with Crippen LogP contribution in [0.25, 0.3) is 0 Å². The summed E-state index contributed by atoms with van der Waals surface area (Å²) in [5.74, 6) is 2.93. The molecule has 0 saturated carbocycles. The molecule has 0 spiro atoms. The van der Waals surface area contributed by atoms with Gasteiger partial charge in [0.2, 0.25) is 11.8 Å². The average Bonchev–Trinajstić information content (AvgIpc) is 3.12. The van der Waals surface area contributed by atoms with Crippen molar-refractivity contribution in [3.63, 3.8) is 0 Å². The molecule has 2 aromatic heterocycles. The number of carbonyl (C=O) groups is 1. The van der Waals surface area contributed by atoms with E-state index in [-0.39, 0.29) is 17.4 Å². The van der Waals surface area contributed by atoms with Gasteiger partial charge < -0.3 is 14.3 Å². The van der Waals surface area contributed by atoms with Gasteiger partial charge in [-0.1, -0.05) is 32.9 Å². The zero-order chi connectivity index (χ0) is 17.7. The number of aryl methyl sites for hydroxylation is 3. The Bertz CT molecular complexity index is 667. The minimum absolute atomic E-state index is 0.000565. The van der Waals surface area contributed by atoms with Crippen LogP contribution < -0.4 is 5.32 Å². The third-order valence-electron chi connectivity index (χ3n) is 3.85. The molecule has 0 aliphatic heterocycles. The van der Waals surface area contributed by atoms with Crippen LogP contribution in [0.1, 0.15) is 69.8 Å². The number of nitrogens with one attached hydrogen (secondary N) is 1. The van der Waals surface area contributed by atoms with E-state index in [0.717, 1.165) is 17.9 Å². The SMILES string of the molecule is CCc1ccc([C@@H](NC(=O)CCCc2nc(C)no2)C(C)(C)C)o1. The molecule has 2 aromatic rings. The van der Waals surface area contributed by atoms with Crippen LogP contribution in [0.5, 0.6) is 0 Å². The zero-order valence-electron chi connectivity index (χ0n) is 15.2. The summed E-state index contributed by atoms with van der Waals surface area (Å²) in [6.07, 6.45) is 2.53. The first-order valence-electron chi connectivity index (χ1n) is 8.46. The van der Waals surface area contributed by atoms with E-state index < -0.39 is 0 Å². The van der Waals surface area contributed by atoms with Crippen LogP contribution >= 0.6 is 0 Å². The monoisotopic (exact) mass is 333 g/mol. The number of nitrogens with zero attached hydrogens (tertiary/aromatic N) is 2. The number of furan rings is 1. The Kier molecular flexibility index (Phi) is 5.80. The van der Waals surface area contributed by atoms with Crippen molar-refractivity contribution in [3.05, 3.63) is 35.4 Å². The number of amides is 1. The minimum Gasteiger partial charge on any atom is -0.464 e. The highest BCUT2D eigenvalue weighted by atomic mass is 16.5. The van der Waals surface area contributed by atoms with Crippen molar-refractivity contribution >= 4 is 5.91 Å². The second-order valence-electron chi connectivity index (χ2n) is 7.11. The van der Waals surface area contributed by atoms with E-state index in [1.165, 1.54) is 0 Å².